The highest BCUT2D eigenvalue weighted by Gasteiger charge is 1.85. The molecule has 0 aromatic carbocycles. The zero-order valence-electron chi connectivity index (χ0n) is 7.94. The van der Waals surface area contributed by atoms with Gasteiger partial charge < -0.3 is 4.74 Å². The van der Waals surface area contributed by atoms with E-state index in [1.807, 2.05) is 37.3 Å². The predicted molar refractivity (Wildman–Crippen MR) is 54.3 cm³/mol. The molecule has 0 saturated heterocycles. The van der Waals surface area contributed by atoms with Crippen LogP contribution in [-0.2, 0) is 9.53 Å². The average molecular weight is 178 g/mol. The van der Waals surface area contributed by atoms with Crippen molar-refractivity contribution in [3.8, 4) is 0 Å². The van der Waals surface area contributed by atoms with Crippen molar-refractivity contribution >= 4 is 5.97 Å². The lowest BCUT2D eigenvalue weighted by atomic mass is 10.4. The molecule has 2 nitrogen and oxygen atoms in total. The maximum atomic E-state index is 10.6. The SMILES string of the molecule is CC=CC=CC=CC=CC(=O)OC. The third kappa shape index (κ3) is 8.34. The number of allylic oxidation sites excluding steroid dienone is 7. The van der Waals surface area contributed by atoms with E-state index in [1.165, 1.54) is 13.2 Å². The molecule has 0 heterocycles. The predicted octanol–water partition coefficient (Wildman–Crippen LogP) is 2.40. The lowest BCUT2D eigenvalue weighted by molar-refractivity contribution is -0.134. The fourth-order valence-corrected chi connectivity index (χ4v) is 0.570. The zero-order chi connectivity index (χ0) is 9.94. The summed E-state index contributed by atoms with van der Waals surface area (Å²) in [5.41, 5.74) is 0. The Balaban J connectivity index is 3.75. The summed E-state index contributed by atoms with van der Waals surface area (Å²) in [5.74, 6) is -0.345. The van der Waals surface area contributed by atoms with Crippen LogP contribution in [0, 0.1) is 0 Å². The normalized spacial score (nSPS) is 12.5. The molecule has 70 valence electrons. The minimum atomic E-state index is -0.345. The van der Waals surface area contributed by atoms with Crippen molar-refractivity contribution < 1.29 is 9.53 Å². The summed E-state index contributed by atoms with van der Waals surface area (Å²) < 4.78 is 4.41. The van der Waals surface area contributed by atoms with Crippen LogP contribution in [-0.4, -0.2) is 13.1 Å². The summed E-state index contributed by atoms with van der Waals surface area (Å²) in [6, 6.07) is 0. The van der Waals surface area contributed by atoms with Crippen molar-refractivity contribution in [2.24, 2.45) is 0 Å². The highest BCUT2D eigenvalue weighted by atomic mass is 16.5. The Morgan fingerprint density at radius 3 is 2.08 bits per heavy atom. The summed E-state index contributed by atoms with van der Waals surface area (Å²) in [7, 11) is 1.35. The van der Waals surface area contributed by atoms with E-state index < -0.39 is 0 Å². The van der Waals surface area contributed by atoms with E-state index in [-0.39, 0.29) is 5.97 Å². The van der Waals surface area contributed by atoms with Crippen molar-refractivity contribution in [1.82, 2.24) is 0 Å². The van der Waals surface area contributed by atoms with Crippen LogP contribution >= 0.6 is 0 Å². The van der Waals surface area contributed by atoms with Crippen molar-refractivity contribution in [2.75, 3.05) is 7.11 Å². The van der Waals surface area contributed by atoms with Crippen LogP contribution in [0.2, 0.25) is 0 Å². The van der Waals surface area contributed by atoms with E-state index in [0.29, 0.717) is 0 Å². The Hall–Kier alpha value is -1.57. The maximum absolute atomic E-state index is 10.6. The van der Waals surface area contributed by atoms with Crippen molar-refractivity contribution in [1.29, 1.82) is 0 Å². The molecule has 0 bridgehead atoms. The van der Waals surface area contributed by atoms with Crippen LogP contribution < -0.4 is 0 Å². The molecule has 13 heavy (non-hydrogen) atoms. The molecule has 0 spiro atoms. The number of hydrogen-bond donors (Lipinski definition) is 0. The van der Waals surface area contributed by atoms with Crippen LogP contribution in [0.3, 0.4) is 0 Å². The zero-order valence-corrected chi connectivity index (χ0v) is 7.94. The van der Waals surface area contributed by atoms with E-state index in [9.17, 15) is 4.79 Å². The van der Waals surface area contributed by atoms with E-state index in [4.69, 9.17) is 0 Å². The fourth-order valence-electron chi connectivity index (χ4n) is 0.570. The van der Waals surface area contributed by atoms with Gasteiger partial charge in [-0.1, -0.05) is 42.5 Å². The Kier molecular flexibility index (Phi) is 7.50. The Bertz CT molecular complexity index is 245. The minimum Gasteiger partial charge on any atom is -0.466 e. The fraction of sp³-hybridized carbons (Fsp3) is 0.182. The number of hydrogen-bond acceptors (Lipinski definition) is 2. The standard InChI is InChI=1S/C11H14O2/c1-3-4-5-6-7-8-9-10-11(12)13-2/h3-10H,1-2H3. The van der Waals surface area contributed by atoms with Crippen LogP contribution in [0.1, 0.15) is 6.92 Å². The monoisotopic (exact) mass is 178 g/mol. The smallest absolute Gasteiger partial charge is 0.330 e. The van der Waals surface area contributed by atoms with Crippen molar-refractivity contribution in [3.63, 3.8) is 0 Å². The molecule has 0 unspecified atom stereocenters. The second-order valence-electron chi connectivity index (χ2n) is 2.18. The number of rotatable bonds is 4. The van der Waals surface area contributed by atoms with E-state index in [2.05, 4.69) is 4.74 Å². The second kappa shape index (κ2) is 8.53. The molecule has 0 rings (SSSR count). The van der Waals surface area contributed by atoms with E-state index in [0.717, 1.165) is 0 Å². The molecule has 0 N–H and O–H groups in total. The van der Waals surface area contributed by atoms with Crippen LogP contribution in [0.5, 0.6) is 0 Å². The summed E-state index contributed by atoms with van der Waals surface area (Å²) >= 11 is 0. The molecular weight excluding hydrogens is 164 g/mol. The van der Waals surface area contributed by atoms with Gasteiger partial charge in [0.05, 0.1) is 7.11 Å². The molecule has 2 heteroatoms. The largest absolute Gasteiger partial charge is 0.466 e. The first-order valence-electron chi connectivity index (χ1n) is 4.02. The molecule has 0 aliphatic heterocycles. The van der Waals surface area contributed by atoms with Gasteiger partial charge in [0.25, 0.3) is 0 Å². The van der Waals surface area contributed by atoms with Gasteiger partial charge in [0.2, 0.25) is 0 Å². The van der Waals surface area contributed by atoms with Gasteiger partial charge in [0, 0.05) is 6.08 Å². The first-order chi connectivity index (χ1) is 6.31. The number of ether oxygens (including phenoxy) is 1. The van der Waals surface area contributed by atoms with Crippen molar-refractivity contribution in [2.45, 2.75) is 6.92 Å². The Morgan fingerprint density at radius 2 is 1.54 bits per heavy atom. The third-order valence-corrected chi connectivity index (χ3v) is 1.18. The number of carbonyl (C=O) groups is 1. The van der Waals surface area contributed by atoms with E-state index in [1.54, 1.807) is 12.2 Å². The molecule has 0 atom stereocenters. The third-order valence-electron chi connectivity index (χ3n) is 1.18. The topological polar surface area (TPSA) is 26.3 Å². The number of carbonyl (C=O) groups excluding carboxylic acids is 1. The molecule has 0 aromatic heterocycles. The molecule has 0 fully saturated rings. The van der Waals surface area contributed by atoms with Crippen molar-refractivity contribution in [3.05, 3.63) is 48.6 Å². The summed E-state index contributed by atoms with van der Waals surface area (Å²) in [5, 5.41) is 0. The molecule has 0 aromatic rings. The number of methoxy groups -OCH3 is 1. The van der Waals surface area contributed by atoms with Crippen LogP contribution in [0.4, 0.5) is 0 Å². The Morgan fingerprint density at radius 1 is 1.00 bits per heavy atom. The summed E-state index contributed by atoms with van der Waals surface area (Å²) in [4.78, 5) is 10.6. The van der Waals surface area contributed by atoms with Gasteiger partial charge >= 0.3 is 5.97 Å². The average Bonchev–Trinajstić information content (AvgIpc) is 2.16. The maximum Gasteiger partial charge on any atom is 0.330 e. The van der Waals surface area contributed by atoms with Gasteiger partial charge in [0.15, 0.2) is 0 Å². The van der Waals surface area contributed by atoms with Gasteiger partial charge in [0.1, 0.15) is 0 Å². The molecule has 0 aliphatic carbocycles. The first kappa shape index (κ1) is 11.4. The quantitative estimate of drug-likeness (QED) is 0.375. The molecule has 0 saturated carbocycles. The summed E-state index contributed by atoms with van der Waals surface area (Å²) in [6.45, 7) is 1.95. The molecule has 0 aliphatic rings. The van der Waals surface area contributed by atoms with Gasteiger partial charge in [-0.2, -0.15) is 0 Å². The molecule has 0 radical (unpaired) electrons. The second-order valence-corrected chi connectivity index (χ2v) is 2.18. The number of esters is 1. The Labute approximate surface area is 78.9 Å². The lowest BCUT2D eigenvalue weighted by Crippen LogP contribution is -1.92. The highest BCUT2D eigenvalue weighted by molar-refractivity contribution is 5.82. The van der Waals surface area contributed by atoms with Gasteiger partial charge in [-0.25, -0.2) is 4.79 Å². The van der Waals surface area contributed by atoms with E-state index >= 15 is 0 Å². The minimum absolute atomic E-state index is 0.345. The molecule has 0 amide bonds. The van der Waals surface area contributed by atoms with Gasteiger partial charge in [-0.15, -0.1) is 0 Å². The van der Waals surface area contributed by atoms with Gasteiger partial charge in [-0.3, -0.25) is 0 Å². The van der Waals surface area contributed by atoms with Crippen LogP contribution in [0.25, 0.3) is 0 Å². The lowest BCUT2D eigenvalue weighted by Gasteiger charge is -1.85. The summed E-state index contributed by atoms with van der Waals surface area (Å²) in [6.07, 6.45) is 14.2. The first-order valence-corrected chi connectivity index (χ1v) is 4.02. The highest BCUT2D eigenvalue weighted by Crippen LogP contribution is 1.83. The van der Waals surface area contributed by atoms with Crippen LogP contribution in [0.15, 0.2) is 48.6 Å². The molecular formula is C11H14O2. The van der Waals surface area contributed by atoms with Gasteiger partial charge in [-0.05, 0) is 6.92 Å².